The van der Waals surface area contributed by atoms with Crippen molar-refractivity contribution >= 4 is 28.6 Å². The van der Waals surface area contributed by atoms with Crippen LogP contribution in [0.2, 0.25) is 0 Å². The molecule has 0 bridgehead atoms. The van der Waals surface area contributed by atoms with Crippen LogP contribution in [-0.2, 0) is 0 Å². The predicted molar refractivity (Wildman–Crippen MR) is 123 cm³/mol. The lowest BCUT2D eigenvalue weighted by molar-refractivity contribution is 0.0943. The van der Waals surface area contributed by atoms with E-state index in [1.165, 1.54) is 6.26 Å². The summed E-state index contributed by atoms with van der Waals surface area (Å²) in [5.41, 5.74) is 2.33. The number of carboxylic acid groups (broad SMARTS) is 1. The Hall–Kier alpha value is -4.59. The highest BCUT2D eigenvalue weighted by Gasteiger charge is 2.24. The second kappa shape index (κ2) is 8.51. The zero-order chi connectivity index (χ0) is 22.8. The van der Waals surface area contributed by atoms with Gasteiger partial charge in [0.25, 0.3) is 5.91 Å². The van der Waals surface area contributed by atoms with Crippen LogP contribution in [0.5, 0.6) is 0 Å². The summed E-state index contributed by atoms with van der Waals surface area (Å²) in [4.78, 5) is 29.1. The highest BCUT2D eigenvalue weighted by atomic mass is 16.4. The monoisotopic (exact) mass is 440 g/mol. The standard InChI is InChI=1S/C25H20N4O4/c30-23(26-15-20(27-25(31)32)17-7-2-1-3-8-17)22-21(28-24-29(22)12-13-33-24)19-11-10-16-6-4-5-9-18(16)14-19/h1-14,20,27H,15H2,(H,26,30)(H,31,32). The largest absolute Gasteiger partial charge is 0.465 e. The summed E-state index contributed by atoms with van der Waals surface area (Å²) < 4.78 is 7.01. The second-order valence-corrected chi connectivity index (χ2v) is 7.55. The number of imidazole rings is 1. The first-order valence-corrected chi connectivity index (χ1v) is 10.4. The Morgan fingerprint density at radius 2 is 1.76 bits per heavy atom. The minimum absolute atomic E-state index is 0.0669. The summed E-state index contributed by atoms with van der Waals surface area (Å²) in [5, 5.41) is 16.7. The maximum atomic E-state index is 13.3. The van der Waals surface area contributed by atoms with Gasteiger partial charge < -0.3 is 20.2 Å². The Kier molecular flexibility index (Phi) is 5.24. The highest BCUT2D eigenvalue weighted by molar-refractivity contribution is 6.00. The molecule has 1 atom stereocenters. The van der Waals surface area contributed by atoms with Gasteiger partial charge in [-0.1, -0.05) is 66.7 Å². The fraction of sp³-hybridized carbons (Fsp3) is 0.0800. The molecular formula is C25H20N4O4. The predicted octanol–water partition coefficient (Wildman–Crippen LogP) is 4.49. The van der Waals surface area contributed by atoms with Crippen LogP contribution in [-0.4, -0.2) is 33.0 Å². The Bertz CT molecular complexity index is 1460. The fourth-order valence-electron chi connectivity index (χ4n) is 3.91. The molecule has 0 radical (unpaired) electrons. The molecule has 0 spiro atoms. The number of oxazole rings is 1. The van der Waals surface area contributed by atoms with Crippen molar-refractivity contribution in [1.29, 1.82) is 0 Å². The fourth-order valence-corrected chi connectivity index (χ4v) is 3.91. The van der Waals surface area contributed by atoms with Gasteiger partial charge >= 0.3 is 11.9 Å². The molecule has 5 aromatic rings. The molecule has 0 saturated carbocycles. The average molecular weight is 440 g/mol. The molecule has 5 rings (SSSR count). The number of rotatable bonds is 6. The van der Waals surface area contributed by atoms with Gasteiger partial charge in [-0.05, 0) is 22.4 Å². The summed E-state index contributed by atoms with van der Waals surface area (Å²) >= 11 is 0. The smallest absolute Gasteiger partial charge is 0.405 e. The number of nitrogens with zero attached hydrogens (tertiary/aromatic N) is 2. The van der Waals surface area contributed by atoms with E-state index in [0.717, 1.165) is 21.9 Å². The second-order valence-electron chi connectivity index (χ2n) is 7.55. The molecule has 33 heavy (non-hydrogen) atoms. The van der Waals surface area contributed by atoms with Crippen molar-refractivity contribution in [3.63, 3.8) is 0 Å². The van der Waals surface area contributed by atoms with Crippen LogP contribution in [0.1, 0.15) is 22.1 Å². The molecule has 2 aromatic heterocycles. The molecule has 8 nitrogen and oxygen atoms in total. The third-order valence-electron chi connectivity index (χ3n) is 5.47. The van der Waals surface area contributed by atoms with Gasteiger partial charge in [-0.15, -0.1) is 0 Å². The molecule has 1 unspecified atom stereocenters. The molecule has 0 aliphatic rings. The van der Waals surface area contributed by atoms with E-state index in [9.17, 15) is 14.7 Å². The number of hydrogen-bond donors (Lipinski definition) is 3. The lowest BCUT2D eigenvalue weighted by Crippen LogP contribution is -2.37. The Morgan fingerprint density at radius 3 is 2.55 bits per heavy atom. The number of fused-ring (bicyclic) bond motifs is 2. The van der Waals surface area contributed by atoms with E-state index in [-0.39, 0.29) is 12.5 Å². The van der Waals surface area contributed by atoms with Crippen LogP contribution in [0, 0.1) is 0 Å². The van der Waals surface area contributed by atoms with Gasteiger partial charge in [-0.2, -0.15) is 4.98 Å². The summed E-state index contributed by atoms with van der Waals surface area (Å²) in [6.45, 7) is 0.0669. The van der Waals surface area contributed by atoms with E-state index in [1.54, 1.807) is 22.7 Å². The van der Waals surface area contributed by atoms with E-state index < -0.39 is 12.1 Å². The van der Waals surface area contributed by atoms with Gasteiger partial charge in [0.1, 0.15) is 17.7 Å². The number of aromatic nitrogens is 2. The number of nitrogens with one attached hydrogen (secondary N) is 2. The zero-order valence-electron chi connectivity index (χ0n) is 17.4. The minimum atomic E-state index is -1.17. The first-order valence-electron chi connectivity index (χ1n) is 10.4. The van der Waals surface area contributed by atoms with Crippen molar-refractivity contribution in [2.75, 3.05) is 6.54 Å². The Labute approximate surface area is 188 Å². The summed E-state index contributed by atoms with van der Waals surface area (Å²) in [6, 6.07) is 22.3. The molecule has 164 valence electrons. The van der Waals surface area contributed by atoms with E-state index in [4.69, 9.17) is 4.42 Å². The number of benzene rings is 3. The van der Waals surface area contributed by atoms with E-state index >= 15 is 0 Å². The van der Waals surface area contributed by atoms with Gasteiger partial charge in [0.15, 0.2) is 0 Å². The number of carbonyl (C=O) groups excluding carboxylic acids is 1. The van der Waals surface area contributed by atoms with E-state index in [1.807, 2.05) is 60.7 Å². The van der Waals surface area contributed by atoms with Crippen LogP contribution < -0.4 is 10.6 Å². The quantitative estimate of drug-likeness (QED) is 0.361. The average Bonchev–Trinajstić information content (AvgIpc) is 3.43. The molecule has 2 amide bonds. The summed E-state index contributed by atoms with van der Waals surface area (Å²) in [5.74, 6) is -0.0910. The molecular weight excluding hydrogens is 420 g/mol. The van der Waals surface area contributed by atoms with Crippen LogP contribution in [0.25, 0.3) is 27.9 Å². The summed E-state index contributed by atoms with van der Waals surface area (Å²) in [7, 11) is 0. The maximum Gasteiger partial charge on any atom is 0.405 e. The third kappa shape index (κ3) is 4.01. The van der Waals surface area contributed by atoms with E-state index in [2.05, 4.69) is 15.6 Å². The van der Waals surface area contributed by atoms with Crippen molar-refractivity contribution in [3.8, 4) is 11.3 Å². The summed E-state index contributed by atoms with van der Waals surface area (Å²) in [6.07, 6.45) is 1.92. The van der Waals surface area contributed by atoms with Crippen molar-refractivity contribution in [2.45, 2.75) is 6.04 Å². The molecule has 3 aromatic carbocycles. The lowest BCUT2D eigenvalue weighted by Gasteiger charge is -2.18. The van der Waals surface area contributed by atoms with Gasteiger partial charge in [0, 0.05) is 18.3 Å². The highest BCUT2D eigenvalue weighted by Crippen LogP contribution is 2.28. The van der Waals surface area contributed by atoms with Crippen LogP contribution >= 0.6 is 0 Å². The van der Waals surface area contributed by atoms with Crippen LogP contribution in [0.15, 0.2) is 89.7 Å². The SMILES string of the molecule is O=C(O)NC(CNC(=O)c1c(-c2ccc3ccccc3c2)nc2occn12)c1ccccc1. The van der Waals surface area contributed by atoms with Crippen molar-refractivity contribution in [3.05, 3.63) is 96.5 Å². The Morgan fingerprint density at radius 1 is 1.00 bits per heavy atom. The molecule has 0 aliphatic carbocycles. The zero-order valence-corrected chi connectivity index (χ0v) is 17.4. The number of hydrogen-bond acceptors (Lipinski definition) is 4. The van der Waals surface area contributed by atoms with Crippen molar-refractivity contribution < 1.29 is 19.1 Å². The molecule has 2 heterocycles. The van der Waals surface area contributed by atoms with Crippen molar-refractivity contribution in [2.24, 2.45) is 0 Å². The van der Waals surface area contributed by atoms with Gasteiger partial charge in [0.05, 0.1) is 6.04 Å². The van der Waals surface area contributed by atoms with Crippen molar-refractivity contribution in [1.82, 2.24) is 20.0 Å². The van der Waals surface area contributed by atoms with Crippen LogP contribution in [0.3, 0.4) is 0 Å². The van der Waals surface area contributed by atoms with Gasteiger partial charge in [-0.25, -0.2) is 4.79 Å². The number of amides is 2. The Balaban J connectivity index is 1.48. The first kappa shape index (κ1) is 20.3. The van der Waals surface area contributed by atoms with E-state index in [0.29, 0.717) is 17.2 Å². The first-order chi connectivity index (χ1) is 16.1. The topological polar surface area (TPSA) is 109 Å². The minimum Gasteiger partial charge on any atom is -0.465 e. The molecule has 0 aliphatic heterocycles. The normalized spacial score (nSPS) is 12.0. The molecule has 3 N–H and O–H groups in total. The van der Waals surface area contributed by atoms with Gasteiger partial charge in [0.2, 0.25) is 0 Å². The molecule has 8 heteroatoms. The molecule has 0 saturated heterocycles. The maximum absolute atomic E-state index is 13.3. The third-order valence-corrected chi connectivity index (χ3v) is 5.47. The lowest BCUT2D eigenvalue weighted by atomic mass is 10.0. The molecule has 0 fully saturated rings. The van der Waals surface area contributed by atoms with Gasteiger partial charge in [-0.3, -0.25) is 9.20 Å². The number of carbonyl (C=O) groups is 2. The van der Waals surface area contributed by atoms with Crippen LogP contribution in [0.4, 0.5) is 4.79 Å².